The van der Waals surface area contributed by atoms with Crippen LogP contribution in [0.3, 0.4) is 0 Å². The normalized spacial score (nSPS) is 16.2. The van der Waals surface area contributed by atoms with Gasteiger partial charge in [-0.05, 0) is 50.2 Å². The molecule has 0 bridgehead atoms. The first-order chi connectivity index (χ1) is 8.12. The number of hydrogen-bond donors (Lipinski definition) is 1. The Kier molecular flexibility index (Phi) is 3.88. The zero-order valence-corrected chi connectivity index (χ0v) is 11.4. The fourth-order valence-electron chi connectivity index (χ4n) is 2.54. The highest BCUT2D eigenvalue weighted by Crippen LogP contribution is 2.41. The lowest BCUT2D eigenvalue weighted by Gasteiger charge is -2.26. The lowest BCUT2D eigenvalue weighted by atomic mass is 9.97. The van der Waals surface area contributed by atoms with Gasteiger partial charge in [0.05, 0.1) is 0 Å². The van der Waals surface area contributed by atoms with E-state index in [2.05, 4.69) is 50.4 Å². The quantitative estimate of drug-likeness (QED) is 0.772. The Morgan fingerprint density at radius 1 is 1.24 bits per heavy atom. The van der Waals surface area contributed by atoms with Gasteiger partial charge in [0.1, 0.15) is 0 Å². The van der Waals surface area contributed by atoms with Crippen LogP contribution in [-0.4, -0.2) is 5.54 Å². The zero-order valence-electron chi connectivity index (χ0n) is 11.4. The molecule has 1 aliphatic carbocycles. The third-order valence-corrected chi connectivity index (χ3v) is 3.70. The molecule has 0 amide bonds. The first kappa shape index (κ1) is 12.6. The Labute approximate surface area is 106 Å². The molecule has 0 radical (unpaired) electrons. The average molecular weight is 231 g/mol. The second kappa shape index (κ2) is 5.22. The Morgan fingerprint density at radius 3 is 2.59 bits per heavy atom. The van der Waals surface area contributed by atoms with E-state index in [1.807, 2.05) is 0 Å². The van der Waals surface area contributed by atoms with Crippen LogP contribution in [0, 0.1) is 0 Å². The van der Waals surface area contributed by atoms with E-state index >= 15 is 0 Å². The minimum absolute atomic E-state index is 0.255. The van der Waals surface area contributed by atoms with Gasteiger partial charge in [-0.15, -0.1) is 0 Å². The molecule has 2 rings (SSSR count). The van der Waals surface area contributed by atoms with E-state index in [-0.39, 0.29) is 5.54 Å². The summed E-state index contributed by atoms with van der Waals surface area (Å²) in [6.45, 7) is 7.87. The van der Waals surface area contributed by atoms with Gasteiger partial charge in [-0.3, -0.25) is 0 Å². The Morgan fingerprint density at radius 2 is 1.94 bits per heavy atom. The van der Waals surface area contributed by atoms with E-state index in [1.54, 1.807) is 5.56 Å². The largest absolute Gasteiger partial charge is 0.308 e. The van der Waals surface area contributed by atoms with Crippen LogP contribution < -0.4 is 5.32 Å². The topological polar surface area (TPSA) is 12.0 Å². The highest BCUT2D eigenvalue weighted by molar-refractivity contribution is 5.33. The minimum atomic E-state index is 0.255. The maximum absolute atomic E-state index is 3.70. The van der Waals surface area contributed by atoms with Crippen molar-refractivity contribution >= 4 is 0 Å². The van der Waals surface area contributed by atoms with Gasteiger partial charge in [0.25, 0.3) is 0 Å². The zero-order chi connectivity index (χ0) is 12.3. The molecule has 1 saturated carbocycles. The Hall–Kier alpha value is -0.820. The van der Waals surface area contributed by atoms with Crippen molar-refractivity contribution in [2.75, 3.05) is 0 Å². The second-order valence-electron chi connectivity index (χ2n) is 5.96. The van der Waals surface area contributed by atoms with Crippen LogP contribution in [0.2, 0.25) is 0 Å². The fraction of sp³-hybridized carbons (Fsp3) is 0.625. The highest BCUT2D eigenvalue weighted by atomic mass is 14.9. The van der Waals surface area contributed by atoms with Crippen LogP contribution in [0.25, 0.3) is 0 Å². The predicted octanol–water partition coefficient (Wildman–Crippen LogP) is 4.23. The summed E-state index contributed by atoms with van der Waals surface area (Å²) < 4.78 is 0. The summed E-state index contributed by atoms with van der Waals surface area (Å²) in [5.74, 6) is 0.849. The van der Waals surface area contributed by atoms with Gasteiger partial charge in [-0.1, -0.05) is 37.6 Å². The molecule has 0 unspecified atom stereocenters. The molecule has 0 spiro atoms. The number of hydrogen-bond acceptors (Lipinski definition) is 1. The molecular formula is C16H25N. The van der Waals surface area contributed by atoms with Crippen LogP contribution >= 0.6 is 0 Å². The summed E-state index contributed by atoms with van der Waals surface area (Å²) >= 11 is 0. The lowest BCUT2D eigenvalue weighted by Crippen LogP contribution is -2.38. The highest BCUT2D eigenvalue weighted by Gasteiger charge is 2.26. The van der Waals surface area contributed by atoms with Crippen molar-refractivity contribution in [1.29, 1.82) is 0 Å². The molecule has 0 saturated heterocycles. The van der Waals surface area contributed by atoms with Crippen LogP contribution in [0.5, 0.6) is 0 Å². The molecule has 1 aromatic carbocycles. The number of rotatable bonds is 6. The van der Waals surface area contributed by atoms with Crippen molar-refractivity contribution in [3.05, 3.63) is 35.4 Å². The molecule has 1 N–H and O–H groups in total. The van der Waals surface area contributed by atoms with Gasteiger partial charge < -0.3 is 5.32 Å². The summed E-state index contributed by atoms with van der Waals surface area (Å²) in [5, 5.41) is 3.70. The molecule has 1 heteroatoms. The second-order valence-corrected chi connectivity index (χ2v) is 5.96. The minimum Gasteiger partial charge on any atom is -0.308 e. The third-order valence-electron chi connectivity index (χ3n) is 3.70. The van der Waals surface area contributed by atoms with E-state index in [0.717, 1.165) is 12.5 Å². The molecule has 1 nitrogen and oxygen atoms in total. The van der Waals surface area contributed by atoms with Gasteiger partial charge >= 0.3 is 0 Å². The first-order valence-electron chi connectivity index (χ1n) is 6.95. The van der Waals surface area contributed by atoms with Gasteiger partial charge in [0, 0.05) is 12.1 Å². The molecule has 0 aliphatic heterocycles. The van der Waals surface area contributed by atoms with Crippen molar-refractivity contribution < 1.29 is 0 Å². The van der Waals surface area contributed by atoms with Crippen LogP contribution in [0.15, 0.2) is 24.3 Å². The van der Waals surface area contributed by atoms with Gasteiger partial charge in [0.15, 0.2) is 0 Å². The molecule has 0 aromatic heterocycles. The third kappa shape index (κ3) is 3.57. The van der Waals surface area contributed by atoms with Gasteiger partial charge in [0.2, 0.25) is 0 Å². The van der Waals surface area contributed by atoms with Crippen molar-refractivity contribution in [2.45, 2.75) is 64.5 Å². The van der Waals surface area contributed by atoms with Crippen LogP contribution in [-0.2, 0) is 6.54 Å². The Bertz CT molecular complexity index is 364. The number of benzene rings is 1. The van der Waals surface area contributed by atoms with Crippen LogP contribution in [0.1, 0.15) is 63.5 Å². The molecule has 0 heterocycles. The van der Waals surface area contributed by atoms with Gasteiger partial charge in [-0.25, -0.2) is 0 Å². The summed E-state index contributed by atoms with van der Waals surface area (Å²) in [5.41, 5.74) is 3.33. The molecular weight excluding hydrogens is 206 g/mol. The molecule has 1 aliphatic rings. The molecule has 1 fully saturated rings. The van der Waals surface area contributed by atoms with Crippen LogP contribution in [0.4, 0.5) is 0 Å². The van der Waals surface area contributed by atoms with E-state index in [0.29, 0.717) is 0 Å². The monoisotopic (exact) mass is 231 g/mol. The van der Waals surface area contributed by atoms with E-state index in [9.17, 15) is 0 Å². The first-order valence-corrected chi connectivity index (χ1v) is 6.95. The van der Waals surface area contributed by atoms with Gasteiger partial charge in [-0.2, -0.15) is 0 Å². The summed E-state index contributed by atoms with van der Waals surface area (Å²) in [4.78, 5) is 0. The molecule has 17 heavy (non-hydrogen) atoms. The predicted molar refractivity (Wildman–Crippen MR) is 74.2 cm³/mol. The lowest BCUT2D eigenvalue weighted by molar-refractivity contribution is 0.356. The molecule has 0 atom stereocenters. The molecule has 94 valence electrons. The Balaban J connectivity index is 1.98. The number of nitrogens with one attached hydrogen (secondary N) is 1. The fourth-order valence-corrected chi connectivity index (χ4v) is 2.54. The smallest absolute Gasteiger partial charge is 0.0213 e. The summed E-state index contributed by atoms with van der Waals surface area (Å²) in [7, 11) is 0. The maximum Gasteiger partial charge on any atom is 0.0213 e. The summed E-state index contributed by atoms with van der Waals surface area (Å²) in [6.07, 6.45) is 5.24. The van der Waals surface area contributed by atoms with E-state index < -0.39 is 0 Å². The average Bonchev–Trinajstić information content (AvgIpc) is 3.11. The van der Waals surface area contributed by atoms with Crippen molar-refractivity contribution in [3.8, 4) is 0 Å². The maximum atomic E-state index is 3.70. The standard InChI is InChI=1S/C16H25N/c1-4-11-16(2,3)17-12-14-7-5-6-8-15(14)13-9-10-13/h5-8,13,17H,4,9-12H2,1-3H3. The van der Waals surface area contributed by atoms with Crippen molar-refractivity contribution in [3.63, 3.8) is 0 Å². The SMILES string of the molecule is CCCC(C)(C)NCc1ccccc1C1CC1. The van der Waals surface area contributed by atoms with Crippen molar-refractivity contribution in [1.82, 2.24) is 5.32 Å². The van der Waals surface area contributed by atoms with E-state index in [4.69, 9.17) is 0 Å². The molecule has 1 aromatic rings. The van der Waals surface area contributed by atoms with E-state index in [1.165, 1.54) is 31.2 Å². The summed E-state index contributed by atoms with van der Waals surface area (Å²) in [6, 6.07) is 8.92. The van der Waals surface area contributed by atoms with Crippen molar-refractivity contribution in [2.24, 2.45) is 0 Å².